The molecule has 4 aliphatic carbocycles. The maximum absolute atomic E-state index is 10.6. The molecule has 0 radical (unpaired) electrons. The molecule has 0 unspecified atom stereocenters. The highest BCUT2D eigenvalue weighted by atomic mass is 16.3. The van der Waals surface area contributed by atoms with Crippen LogP contribution in [0.5, 0.6) is 0 Å². The molecule has 0 aromatic carbocycles. The van der Waals surface area contributed by atoms with Gasteiger partial charge in [0.2, 0.25) is 0 Å². The van der Waals surface area contributed by atoms with E-state index in [9.17, 15) is 15.3 Å². The lowest BCUT2D eigenvalue weighted by molar-refractivity contribution is -0.0730. The molecule has 0 aromatic rings. The van der Waals surface area contributed by atoms with E-state index in [0.29, 0.717) is 23.7 Å². The summed E-state index contributed by atoms with van der Waals surface area (Å²) in [6.07, 6.45) is 11.5. The molecule has 4 rings (SSSR count). The minimum Gasteiger partial charge on any atom is -0.396 e. The van der Waals surface area contributed by atoms with Crippen molar-refractivity contribution in [2.24, 2.45) is 34.5 Å². The predicted molar refractivity (Wildman–Crippen MR) is 98.9 cm³/mol. The third-order valence-corrected chi connectivity index (χ3v) is 9.04. The van der Waals surface area contributed by atoms with E-state index < -0.39 is 0 Å². The molecular weight excluding hydrogens is 312 g/mol. The summed E-state index contributed by atoms with van der Waals surface area (Å²) >= 11 is 0. The molecule has 8 atom stereocenters. The highest BCUT2D eigenvalue weighted by Crippen LogP contribution is 2.66. The third-order valence-electron chi connectivity index (χ3n) is 9.04. The molecule has 0 amide bonds. The molecule has 3 heteroatoms. The Labute approximate surface area is 152 Å². The van der Waals surface area contributed by atoms with E-state index >= 15 is 0 Å². The highest BCUT2D eigenvalue weighted by molar-refractivity contribution is 5.25. The molecule has 3 saturated carbocycles. The van der Waals surface area contributed by atoms with Gasteiger partial charge in [0.1, 0.15) is 0 Å². The van der Waals surface area contributed by atoms with Crippen molar-refractivity contribution in [2.45, 2.75) is 83.8 Å². The average Bonchev–Trinajstić information content (AvgIpc) is 2.93. The Balaban J connectivity index is 1.60. The lowest BCUT2D eigenvalue weighted by Crippen LogP contribution is -2.51. The van der Waals surface area contributed by atoms with Gasteiger partial charge in [-0.1, -0.05) is 25.5 Å². The van der Waals surface area contributed by atoms with E-state index in [1.807, 2.05) is 0 Å². The molecule has 0 aromatic heterocycles. The Morgan fingerprint density at radius 1 is 1.12 bits per heavy atom. The number of aliphatic hydroxyl groups is 3. The van der Waals surface area contributed by atoms with Crippen molar-refractivity contribution < 1.29 is 15.3 Å². The van der Waals surface area contributed by atoms with Crippen LogP contribution in [-0.4, -0.2) is 34.1 Å². The molecule has 3 fully saturated rings. The maximum Gasteiger partial charge on any atom is 0.0595 e. The first kappa shape index (κ1) is 18.0. The van der Waals surface area contributed by atoms with E-state index in [0.717, 1.165) is 37.5 Å². The zero-order valence-corrected chi connectivity index (χ0v) is 16.0. The van der Waals surface area contributed by atoms with Crippen LogP contribution in [0.4, 0.5) is 0 Å². The lowest BCUT2D eigenvalue weighted by Gasteiger charge is -2.58. The number of rotatable bonds is 3. The van der Waals surface area contributed by atoms with Crippen LogP contribution in [0.2, 0.25) is 0 Å². The number of aliphatic hydroxyl groups excluding tert-OH is 3. The molecule has 142 valence electrons. The second-order valence-electron chi connectivity index (χ2n) is 9.96. The van der Waals surface area contributed by atoms with Gasteiger partial charge in [0.05, 0.1) is 12.2 Å². The van der Waals surface area contributed by atoms with Crippen LogP contribution in [0.25, 0.3) is 0 Å². The molecule has 0 saturated heterocycles. The summed E-state index contributed by atoms with van der Waals surface area (Å²) in [5.74, 6) is 2.57. The van der Waals surface area contributed by atoms with Gasteiger partial charge in [0.25, 0.3) is 0 Å². The van der Waals surface area contributed by atoms with Crippen LogP contribution in [0.3, 0.4) is 0 Å². The molecule has 4 aliphatic rings. The number of hydrogen-bond donors (Lipinski definition) is 3. The first-order chi connectivity index (χ1) is 11.9. The zero-order valence-electron chi connectivity index (χ0n) is 16.0. The normalized spacial score (nSPS) is 50.4. The van der Waals surface area contributed by atoms with Gasteiger partial charge in [-0.25, -0.2) is 0 Å². The smallest absolute Gasteiger partial charge is 0.0595 e. The molecule has 0 spiro atoms. The quantitative estimate of drug-likeness (QED) is 0.682. The molecule has 25 heavy (non-hydrogen) atoms. The Hall–Kier alpha value is -0.380. The summed E-state index contributed by atoms with van der Waals surface area (Å²) in [4.78, 5) is 0. The average molecular weight is 349 g/mol. The number of allylic oxidation sites excluding steroid dienone is 1. The van der Waals surface area contributed by atoms with Gasteiger partial charge in [0, 0.05) is 6.61 Å². The van der Waals surface area contributed by atoms with Crippen molar-refractivity contribution in [1.82, 2.24) is 0 Å². The first-order valence-corrected chi connectivity index (χ1v) is 10.6. The number of fused-ring (bicyclic) bond motifs is 5. The molecule has 3 nitrogen and oxygen atoms in total. The summed E-state index contributed by atoms with van der Waals surface area (Å²) < 4.78 is 0. The molecule has 0 aliphatic heterocycles. The fourth-order valence-electron chi connectivity index (χ4n) is 7.65. The maximum atomic E-state index is 10.6. The lowest BCUT2D eigenvalue weighted by atomic mass is 9.47. The van der Waals surface area contributed by atoms with E-state index in [2.05, 4.69) is 19.9 Å². The molecule has 0 heterocycles. The van der Waals surface area contributed by atoms with Gasteiger partial charge in [-0.2, -0.15) is 0 Å². The van der Waals surface area contributed by atoms with E-state index in [4.69, 9.17) is 0 Å². The molecular formula is C22H36O3. The fraction of sp³-hybridized carbons (Fsp3) is 0.909. The predicted octanol–water partition coefficient (Wildman–Crippen LogP) is 3.67. The van der Waals surface area contributed by atoms with Crippen LogP contribution in [0, 0.1) is 34.5 Å². The second kappa shape index (κ2) is 6.35. The minimum atomic E-state index is -0.341. The standard InChI is InChI=1S/C22H36O3/c1-21-10-7-15(24)13-14(21)3-4-16-17-5-6-19(20(25)9-12-23)22(17,2)11-8-18(16)21/h3,15-20,23-25H,4-13H2,1-2H3/t15-,16-,17-,18-,19+,20+,21-,22-/m0/s1. The van der Waals surface area contributed by atoms with Gasteiger partial charge in [-0.05, 0) is 92.3 Å². The van der Waals surface area contributed by atoms with Gasteiger partial charge in [-0.3, -0.25) is 0 Å². The summed E-state index contributed by atoms with van der Waals surface area (Å²) in [7, 11) is 0. The van der Waals surface area contributed by atoms with Gasteiger partial charge in [-0.15, -0.1) is 0 Å². The molecule has 3 N–H and O–H groups in total. The fourth-order valence-corrected chi connectivity index (χ4v) is 7.65. The zero-order chi connectivity index (χ0) is 17.8. The Kier molecular flexibility index (Phi) is 4.57. The van der Waals surface area contributed by atoms with Gasteiger partial charge < -0.3 is 15.3 Å². The Bertz CT molecular complexity index is 543. The van der Waals surface area contributed by atoms with E-state index in [1.165, 1.54) is 31.3 Å². The van der Waals surface area contributed by atoms with E-state index in [-0.39, 0.29) is 24.2 Å². The summed E-state index contributed by atoms with van der Waals surface area (Å²) in [5.41, 5.74) is 2.07. The van der Waals surface area contributed by atoms with Crippen LogP contribution in [-0.2, 0) is 0 Å². The van der Waals surface area contributed by atoms with Crippen molar-refractivity contribution in [3.05, 3.63) is 11.6 Å². The van der Waals surface area contributed by atoms with Crippen molar-refractivity contribution in [3.8, 4) is 0 Å². The SMILES string of the molecule is C[C@]12CC[C@H]3[C@@H](CC=C4C[C@@H](O)CC[C@@]43C)[C@@H]1CC[C@@H]2[C@H](O)CCO. The Morgan fingerprint density at radius 2 is 1.92 bits per heavy atom. The number of hydrogen-bond acceptors (Lipinski definition) is 3. The van der Waals surface area contributed by atoms with Crippen LogP contribution < -0.4 is 0 Å². The third kappa shape index (κ3) is 2.64. The van der Waals surface area contributed by atoms with Crippen molar-refractivity contribution >= 4 is 0 Å². The van der Waals surface area contributed by atoms with Gasteiger partial charge in [0.15, 0.2) is 0 Å². The first-order valence-electron chi connectivity index (χ1n) is 10.6. The van der Waals surface area contributed by atoms with Crippen LogP contribution in [0.15, 0.2) is 11.6 Å². The highest BCUT2D eigenvalue weighted by Gasteiger charge is 2.59. The van der Waals surface area contributed by atoms with Crippen LogP contribution in [0.1, 0.15) is 71.6 Å². The monoisotopic (exact) mass is 348 g/mol. The Morgan fingerprint density at radius 3 is 2.68 bits per heavy atom. The topological polar surface area (TPSA) is 60.7 Å². The summed E-state index contributed by atoms with van der Waals surface area (Å²) in [6, 6.07) is 0. The second-order valence-corrected chi connectivity index (χ2v) is 9.96. The summed E-state index contributed by atoms with van der Waals surface area (Å²) in [5, 5.41) is 30.0. The largest absolute Gasteiger partial charge is 0.396 e. The van der Waals surface area contributed by atoms with Gasteiger partial charge >= 0.3 is 0 Å². The van der Waals surface area contributed by atoms with Crippen molar-refractivity contribution in [1.29, 1.82) is 0 Å². The van der Waals surface area contributed by atoms with Crippen LogP contribution >= 0.6 is 0 Å². The molecule has 0 bridgehead atoms. The van der Waals surface area contributed by atoms with E-state index in [1.54, 1.807) is 0 Å². The van der Waals surface area contributed by atoms with Crippen molar-refractivity contribution in [2.75, 3.05) is 6.61 Å². The minimum absolute atomic E-state index is 0.0942. The van der Waals surface area contributed by atoms with Crippen molar-refractivity contribution in [3.63, 3.8) is 0 Å². The summed E-state index contributed by atoms with van der Waals surface area (Å²) in [6.45, 7) is 4.99.